The Morgan fingerprint density at radius 3 is 2.27 bits per heavy atom. The van der Waals surface area contributed by atoms with Crippen molar-refractivity contribution in [3.05, 3.63) is 0 Å². The molecule has 0 spiro atoms. The van der Waals surface area contributed by atoms with Crippen LogP contribution in [0.5, 0.6) is 0 Å². The Morgan fingerprint density at radius 1 is 1.20 bits per heavy atom. The number of aliphatic hydroxyl groups excluding tert-OH is 4. The van der Waals surface area contributed by atoms with Crippen LogP contribution in [0.25, 0.3) is 0 Å². The Hall–Kier alpha value is -0.0500. The predicted octanol–water partition coefficient (Wildman–Crippen LogP) is -2.82. The van der Waals surface area contributed by atoms with E-state index in [0.717, 1.165) is 0 Å². The van der Waals surface area contributed by atoms with Crippen LogP contribution in [0, 0.1) is 0 Å². The van der Waals surface area contributed by atoms with Gasteiger partial charge >= 0.3 is 8.25 Å². The second-order valence-corrected chi connectivity index (χ2v) is 3.85. The summed E-state index contributed by atoms with van der Waals surface area (Å²) in [6, 6.07) is 0. The maximum atomic E-state index is 10.4. The molecule has 6 atom stereocenters. The van der Waals surface area contributed by atoms with Gasteiger partial charge in [0.25, 0.3) is 0 Å². The van der Waals surface area contributed by atoms with Gasteiger partial charge in [-0.25, -0.2) is 0 Å². The van der Waals surface area contributed by atoms with Gasteiger partial charge in [0, 0.05) is 0 Å². The van der Waals surface area contributed by atoms with Gasteiger partial charge in [-0.15, -0.1) is 0 Å². The first-order valence-electron chi connectivity index (χ1n) is 4.17. The first-order chi connectivity index (χ1) is 6.97. The average molecular weight is 244 g/mol. The molecule has 1 rings (SSSR count). The van der Waals surface area contributed by atoms with Crippen molar-refractivity contribution in [2.45, 2.75) is 30.7 Å². The molecule has 0 aromatic heterocycles. The fourth-order valence-electron chi connectivity index (χ4n) is 1.26. The third-order valence-electron chi connectivity index (χ3n) is 2.07. The minimum absolute atomic E-state index is 0.614. The Kier molecular flexibility index (Phi) is 4.63. The zero-order valence-corrected chi connectivity index (χ0v) is 8.55. The van der Waals surface area contributed by atoms with E-state index in [1.165, 1.54) is 0 Å². The fraction of sp³-hybridized carbons (Fsp3) is 1.00. The molecule has 0 aliphatic carbocycles. The van der Waals surface area contributed by atoms with E-state index in [4.69, 9.17) is 14.7 Å². The Balaban J connectivity index is 2.69. The standard InChI is InChI=1S/C6H13O8P/c7-1-2-3(8)4(9)5(10)6(13-2)14-15(11)12/h2-10,15H,1H2,(H,11,12)/t2?,3-,4+,5?,6+/m1/s1. The summed E-state index contributed by atoms with van der Waals surface area (Å²) in [7, 11) is -3.35. The van der Waals surface area contributed by atoms with E-state index in [-0.39, 0.29) is 0 Å². The quantitative estimate of drug-likeness (QED) is 0.335. The van der Waals surface area contributed by atoms with E-state index in [1.54, 1.807) is 0 Å². The van der Waals surface area contributed by atoms with Crippen LogP contribution in [0.2, 0.25) is 0 Å². The SMILES string of the molecule is O=[PH](O)O[C@@H]1OC(CO)[C@@H](O)[C@H](O)C1O. The highest BCUT2D eigenvalue weighted by Gasteiger charge is 2.44. The van der Waals surface area contributed by atoms with Gasteiger partial charge in [0.15, 0.2) is 6.29 Å². The zero-order valence-electron chi connectivity index (χ0n) is 7.55. The maximum Gasteiger partial charge on any atom is 0.318 e. The lowest BCUT2D eigenvalue weighted by molar-refractivity contribution is -0.277. The summed E-state index contributed by atoms with van der Waals surface area (Å²) in [4.78, 5) is 8.46. The van der Waals surface area contributed by atoms with Gasteiger partial charge in [-0.2, -0.15) is 0 Å². The highest BCUT2D eigenvalue weighted by Crippen LogP contribution is 2.28. The summed E-state index contributed by atoms with van der Waals surface area (Å²) in [5, 5.41) is 36.6. The molecule has 3 unspecified atom stereocenters. The van der Waals surface area contributed by atoms with E-state index < -0.39 is 45.6 Å². The molecule has 8 nitrogen and oxygen atoms in total. The van der Waals surface area contributed by atoms with Crippen LogP contribution in [0.3, 0.4) is 0 Å². The van der Waals surface area contributed by atoms with E-state index in [2.05, 4.69) is 4.52 Å². The molecule has 90 valence electrons. The molecular formula is C6H13O8P. The minimum atomic E-state index is -3.35. The summed E-state index contributed by atoms with van der Waals surface area (Å²) in [5.74, 6) is 0. The van der Waals surface area contributed by atoms with Gasteiger partial charge in [-0.1, -0.05) is 0 Å². The van der Waals surface area contributed by atoms with E-state index in [1.807, 2.05) is 0 Å². The van der Waals surface area contributed by atoms with Gasteiger partial charge in [-0.05, 0) is 0 Å². The molecular weight excluding hydrogens is 231 g/mol. The first kappa shape index (κ1) is 13.0. The van der Waals surface area contributed by atoms with Crippen molar-refractivity contribution in [2.75, 3.05) is 6.61 Å². The molecule has 15 heavy (non-hydrogen) atoms. The van der Waals surface area contributed by atoms with Crippen molar-refractivity contribution in [3.8, 4) is 0 Å². The molecule has 0 bridgehead atoms. The monoisotopic (exact) mass is 244 g/mol. The lowest BCUT2D eigenvalue weighted by atomic mass is 10.00. The van der Waals surface area contributed by atoms with Crippen LogP contribution >= 0.6 is 8.25 Å². The number of hydrogen-bond donors (Lipinski definition) is 5. The average Bonchev–Trinajstić information content (AvgIpc) is 2.18. The number of hydrogen-bond acceptors (Lipinski definition) is 7. The predicted molar refractivity (Wildman–Crippen MR) is 46.1 cm³/mol. The second-order valence-electron chi connectivity index (χ2n) is 3.08. The molecule has 1 aliphatic heterocycles. The lowest BCUT2D eigenvalue weighted by Crippen LogP contribution is -2.58. The van der Waals surface area contributed by atoms with Crippen molar-refractivity contribution >= 4 is 8.25 Å². The van der Waals surface area contributed by atoms with Gasteiger partial charge in [-0.3, -0.25) is 9.09 Å². The third kappa shape index (κ3) is 2.96. The summed E-state index contributed by atoms with van der Waals surface area (Å²) in [6.45, 7) is -0.614. The largest absolute Gasteiger partial charge is 0.394 e. The summed E-state index contributed by atoms with van der Waals surface area (Å²) in [5.41, 5.74) is 0. The molecule has 1 saturated heterocycles. The molecule has 5 N–H and O–H groups in total. The van der Waals surface area contributed by atoms with E-state index >= 15 is 0 Å². The number of rotatable bonds is 3. The van der Waals surface area contributed by atoms with Crippen LogP contribution in [0.15, 0.2) is 0 Å². The van der Waals surface area contributed by atoms with Gasteiger partial charge in [0.05, 0.1) is 6.61 Å². The molecule has 1 fully saturated rings. The maximum absolute atomic E-state index is 10.4. The Labute approximate surface area is 85.6 Å². The van der Waals surface area contributed by atoms with Crippen molar-refractivity contribution in [1.29, 1.82) is 0 Å². The Bertz CT molecular complexity index is 233. The molecule has 1 heterocycles. The van der Waals surface area contributed by atoms with Gasteiger partial charge in [0.1, 0.15) is 24.4 Å². The molecule has 1 aliphatic rings. The molecule has 0 radical (unpaired) electrons. The van der Waals surface area contributed by atoms with E-state index in [0.29, 0.717) is 0 Å². The summed E-state index contributed by atoms with van der Waals surface area (Å²) >= 11 is 0. The normalized spacial score (nSPS) is 43.9. The first-order valence-corrected chi connectivity index (χ1v) is 5.44. The number of ether oxygens (including phenoxy) is 1. The van der Waals surface area contributed by atoms with Crippen LogP contribution in [0.1, 0.15) is 0 Å². The van der Waals surface area contributed by atoms with Gasteiger partial charge < -0.3 is 30.1 Å². The van der Waals surface area contributed by atoms with Crippen molar-refractivity contribution in [2.24, 2.45) is 0 Å². The zero-order chi connectivity index (χ0) is 11.6. The van der Waals surface area contributed by atoms with Crippen molar-refractivity contribution in [3.63, 3.8) is 0 Å². The highest BCUT2D eigenvalue weighted by atomic mass is 31.1. The summed E-state index contributed by atoms with van der Waals surface area (Å²) < 4.78 is 19.4. The molecule has 0 aromatic carbocycles. The lowest BCUT2D eigenvalue weighted by Gasteiger charge is -2.38. The molecule has 9 heteroatoms. The molecule has 0 saturated carbocycles. The smallest absolute Gasteiger partial charge is 0.318 e. The van der Waals surface area contributed by atoms with Crippen molar-refractivity contribution in [1.82, 2.24) is 0 Å². The van der Waals surface area contributed by atoms with Crippen molar-refractivity contribution < 1.29 is 39.1 Å². The minimum Gasteiger partial charge on any atom is -0.394 e. The van der Waals surface area contributed by atoms with Crippen LogP contribution < -0.4 is 0 Å². The second kappa shape index (κ2) is 5.33. The summed E-state index contributed by atoms with van der Waals surface area (Å²) in [6.07, 6.45) is -7.45. The van der Waals surface area contributed by atoms with E-state index in [9.17, 15) is 19.9 Å². The molecule has 0 aromatic rings. The Morgan fingerprint density at radius 2 is 1.80 bits per heavy atom. The topological polar surface area (TPSA) is 137 Å². The van der Waals surface area contributed by atoms with Crippen LogP contribution in [0.4, 0.5) is 0 Å². The van der Waals surface area contributed by atoms with Crippen LogP contribution in [-0.4, -0.2) is 62.6 Å². The fourth-order valence-corrected chi connectivity index (χ4v) is 1.66. The van der Waals surface area contributed by atoms with Gasteiger partial charge in [0.2, 0.25) is 0 Å². The van der Waals surface area contributed by atoms with Crippen LogP contribution in [-0.2, 0) is 13.8 Å². The third-order valence-corrected chi connectivity index (χ3v) is 2.50. The highest BCUT2D eigenvalue weighted by molar-refractivity contribution is 7.32. The number of aliphatic hydroxyl groups is 4. The molecule has 0 amide bonds.